The molecule has 4 nitrogen and oxygen atoms in total. The summed E-state index contributed by atoms with van der Waals surface area (Å²) in [6.45, 7) is 4.04. The molecule has 0 fully saturated rings. The van der Waals surface area contributed by atoms with Crippen LogP contribution in [0, 0.1) is 0 Å². The molecule has 17 heavy (non-hydrogen) atoms. The van der Waals surface area contributed by atoms with Crippen molar-refractivity contribution >= 4 is 45.4 Å². The van der Waals surface area contributed by atoms with Crippen molar-refractivity contribution in [1.29, 1.82) is 0 Å². The van der Waals surface area contributed by atoms with Gasteiger partial charge in [-0.1, -0.05) is 25.4 Å². The lowest BCUT2D eigenvalue weighted by Gasteiger charge is -2.15. The summed E-state index contributed by atoms with van der Waals surface area (Å²) in [5, 5.41) is 0.852. The third-order valence-corrected chi connectivity index (χ3v) is 4.89. The molecule has 1 aliphatic heterocycles. The minimum atomic E-state index is -3.49. The van der Waals surface area contributed by atoms with Crippen LogP contribution in [0.2, 0.25) is 5.02 Å². The molecule has 2 rings (SSSR count). The fourth-order valence-electron chi connectivity index (χ4n) is 1.41. The fraction of sp³-hybridized carbons (Fsp3) is 0.300. The molecule has 0 aliphatic carbocycles. The maximum Gasteiger partial charge on any atom is 0.264 e. The summed E-state index contributed by atoms with van der Waals surface area (Å²) in [4.78, 5) is 4.89. The van der Waals surface area contributed by atoms with Gasteiger partial charge in [0, 0.05) is 10.1 Å². The maximum atomic E-state index is 11.8. The summed E-state index contributed by atoms with van der Waals surface area (Å²) in [6.07, 6.45) is 1.16. The highest BCUT2D eigenvalue weighted by Gasteiger charge is 2.23. The number of halogens is 1. The van der Waals surface area contributed by atoms with Crippen molar-refractivity contribution in [2.75, 3.05) is 0 Å². The minimum Gasteiger partial charge on any atom is -0.270 e. The van der Waals surface area contributed by atoms with Gasteiger partial charge in [-0.3, -0.25) is 4.72 Å². The predicted molar refractivity (Wildman–Crippen MR) is 70.9 cm³/mol. The van der Waals surface area contributed by atoms with E-state index in [4.69, 9.17) is 11.6 Å². The van der Waals surface area contributed by atoms with E-state index >= 15 is 0 Å². The Morgan fingerprint density at radius 1 is 1.41 bits per heavy atom. The van der Waals surface area contributed by atoms with Crippen LogP contribution in [0.25, 0.3) is 0 Å². The standard InChI is InChI=1S/C10H11ClN2O2S2/c1-6(2)16-9-4-10-8(3-7(9)11)12-5-13-17(10,14)15/h3-6H,1-2H3,(H,12,13). The molecule has 0 amide bonds. The Hall–Kier alpha value is -0.720. The van der Waals surface area contributed by atoms with Crippen LogP contribution in [0.5, 0.6) is 0 Å². The van der Waals surface area contributed by atoms with Crippen molar-refractivity contribution in [2.24, 2.45) is 4.99 Å². The lowest BCUT2D eigenvalue weighted by molar-refractivity contribution is 0.592. The Labute approximate surface area is 110 Å². The average molecular weight is 291 g/mol. The second-order valence-electron chi connectivity index (χ2n) is 3.80. The zero-order valence-corrected chi connectivity index (χ0v) is 11.7. The van der Waals surface area contributed by atoms with E-state index < -0.39 is 10.0 Å². The van der Waals surface area contributed by atoms with Crippen LogP contribution in [0.3, 0.4) is 0 Å². The lowest BCUT2D eigenvalue weighted by Crippen LogP contribution is -2.24. The van der Waals surface area contributed by atoms with E-state index in [0.29, 0.717) is 16.0 Å². The molecule has 1 aliphatic rings. The molecule has 0 unspecified atom stereocenters. The highest BCUT2D eigenvalue weighted by molar-refractivity contribution is 8.00. The number of hydrogen-bond acceptors (Lipinski definition) is 4. The first kappa shape index (κ1) is 12.7. The van der Waals surface area contributed by atoms with Crippen LogP contribution >= 0.6 is 23.4 Å². The molecule has 0 spiro atoms. The Balaban J connectivity index is 2.58. The Bertz CT molecular complexity index is 582. The number of sulfonamides is 1. The average Bonchev–Trinajstić information content (AvgIpc) is 2.19. The van der Waals surface area contributed by atoms with Gasteiger partial charge in [-0.05, 0) is 12.1 Å². The van der Waals surface area contributed by atoms with E-state index in [1.54, 1.807) is 12.1 Å². The van der Waals surface area contributed by atoms with Crippen molar-refractivity contribution in [2.45, 2.75) is 28.9 Å². The van der Waals surface area contributed by atoms with Gasteiger partial charge >= 0.3 is 0 Å². The number of nitrogens with zero attached hydrogens (tertiary/aromatic N) is 1. The smallest absolute Gasteiger partial charge is 0.264 e. The van der Waals surface area contributed by atoms with Gasteiger partial charge in [0.2, 0.25) is 0 Å². The number of fused-ring (bicyclic) bond motifs is 1. The zero-order valence-electron chi connectivity index (χ0n) is 9.27. The quantitative estimate of drug-likeness (QED) is 0.852. The molecule has 0 bridgehead atoms. The van der Waals surface area contributed by atoms with Gasteiger partial charge in [0.1, 0.15) is 11.2 Å². The van der Waals surface area contributed by atoms with Crippen LogP contribution in [-0.4, -0.2) is 20.0 Å². The van der Waals surface area contributed by atoms with Gasteiger partial charge in [-0.25, -0.2) is 13.4 Å². The molecular formula is C10H11ClN2O2S2. The van der Waals surface area contributed by atoms with E-state index in [0.717, 1.165) is 11.2 Å². The molecule has 0 radical (unpaired) electrons. The second-order valence-corrected chi connectivity index (χ2v) is 7.50. The lowest BCUT2D eigenvalue weighted by atomic mass is 10.3. The summed E-state index contributed by atoms with van der Waals surface area (Å²) < 4.78 is 25.8. The van der Waals surface area contributed by atoms with Gasteiger partial charge in [0.05, 0.1) is 10.7 Å². The number of rotatable bonds is 2. The molecule has 1 N–H and O–H groups in total. The van der Waals surface area contributed by atoms with E-state index in [2.05, 4.69) is 9.71 Å². The van der Waals surface area contributed by atoms with Crippen LogP contribution in [0.1, 0.15) is 13.8 Å². The van der Waals surface area contributed by atoms with Gasteiger partial charge in [0.15, 0.2) is 0 Å². The van der Waals surface area contributed by atoms with Crippen LogP contribution in [0.4, 0.5) is 5.69 Å². The van der Waals surface area contributed by atoms with Crippen LogP contribution in [-0.2, 0) is 10.0 Å². The zero-order chi connectivity index (χ0) is 12.6. The third-order valence-electron chi connectivity index (χ3n) is 2.08. The molecule has 1 aromatic carbocycles. The molecule has 7 heteroatoms. The molecule has 0 saturated carbocycles. The second kappa shape index (κ2) is 4.51. The molecule has 92 valence electrons. The Morgan fingerprint density at radius 3 is 2.76 bits per heavy atom. The maximum absolute atomic E-state index is 11.8. The molecule has 0 aromatic heterocycles. The fourth-order valence-corrected chi connectivity index (χ4v) is 3.62. The normalized spacial score (nSPS) is 16.7. The minimum absolute atomic E-state index is 0.174. The SMILES string of the molecule is CC(C)Sc1cc2c(cc1Cl)N=CNS2(=O)=O. The molecule has 0 saturated heterocycles. The summed E-state index contributed by atoms with van der Waals surface area (Å²) >= 11 is 7.61. The van der Waals surface area contributed by atoms with Crippen molar-refractivity contribution in [3.8, 4) is 0 Å². The first-order valence-corrected chi connectivity index (χ1v) is 7.69. The van der Waals surface area contributed by atoms with Crippen molar-refractivity contribution < 1.29 is 8.42 Å². The van der Waals surface area contributed by atoms with E-state index in [1.165, 1.54) is 11.8 Å². The first-order chi connectivity index (χ1) is 7.90. The van der Waals surface area contributed by atoms with Crippen molar-refractivity contribution in [1.82, 2.24) is 4.72 Å². The van der Waals surface area contributed by atoms with Gasteiger partial charge in [-0.15, -0.1) is 11.8 Å². The predicted octanol–water partition coefficient (Wildman–Crippen LogP) is 2.79. The Kier molecular flexibility index (Phi) is 3.38. The van der Waals surface area contributed by atoms with Crippen LogP contribution < -0.4 is 4.72 Å². The molecule has 1 heterocycles. The summed E-state index contributed by atoms with van der Waals surface area (Å²) in [5.41, 5.74) is 0.377. The topological polar surface area (TPSA) is 58.5 Å². The highest BCUT2D eigenvalue weighted by atomic mass is 35.5. The Morgan fingerprint density at radius 2 is 2.12 bits per heavy atom. The number of benzene rings is 1. The van der Waals surface area contributed by atoms with E-state index in [9.17, 15) is 8.42 Å². The molecular weight excluding hydrogens is 280 g/mol. The number of nitrogens with one attached hydrogen (secondary N) is 1. The number of aliphatic imine (C=N–C) groups is 1. The van der Waals surface area contributed by atoms with Crippen molar-refractivity contribution in [3.63, 3.8) is 0 Å². The van der Waals surface area contributed by atoms with Gasteiger partial charge in [0.25, 0.3) is 10.0 Å². The monoisotopic (exact) mass is 290 g/mol. The summed E-state index contributed by atoms with van der Waals surface area (Å²) in [7, 11) is -3.49. The molecule has 0 atom stereocenters. The summed E-state index contributed by atoms with van der Waals surface area (Å²) in [5.74, 6) is 0. The van der Waals surface area contributed by atoms with E-state index in [1.807, 2.05) is 13.8 Å². The van der Waals surface area contributed by atoms with Crippen LogP contribution in [0.15, 0.2) is 26.9 Å². The van der Waals surface area contributed by atoms with Crippen molar-refractivity contribution in [3.05, 3.63) is 17.2 Å². The third kappa shape index (κ3) is 2.59. The van der Waals surface area contributed by atoms with Gasteiger partial charge < -0.3 is 0 Å². The summed E-state index contributed by atoms with van der Waals surface area (Å²) in [6, 6.07) is 3.15. The molecule has 1 aromatic rings. The number of hydrogen-bond donors (Lipinski definition) is 1. The number of thioether (sulfide) groups is 1. The van der Waals surface area contributed by atoms with E-state index in [-0.39, 0.29) is 4.90 Å². The largest absolute Gasteiger partial charge is 0.270 e. The highest BCUT2D eigenvalue weighted by Crippen LogP contribution is 2.38. The first-order valence-electron chi connectivity index (χ1n) is 4.95. The van der Waals surface area contributed by atoms with Gasteiger partial charge in [-0.2, -0.15) is 0 Å².